The topological polar surface area (TPSA) is 74.2 Å². The van der Waals surface area contributed by atoms with Gasteiger partial charge in [-0.2, -0.15) is 26.3 Å². The molecule has 3 aromatic rings. The molecule has 1 aromatic carbocycles. The van der Waals surface area contributed by atoms with Crippen molar-refractivity contribution in [2.75, 3.05) is 36.4 Å². The lowest BCUT2D eigenvalue weighted by molar-refractivity contribution is -0.140. The molecule has 3 heterocycles. The van der Waals surface area contributed by atoms with Gasteiger partial charge in [-0.1, -0.05) is 12.1 Å². The molecule has 1 aliphatic rings. The zero-order chi connectivity index (χ0) is 28.0. The molecule has 0 bridgehead atoms. The Bertz CT molecular complexity index is 1370. The maximum absolute atomic E-state index is 14.0. The maximum Gasteiger partial charge on any atom is 0.435 e. The first-order chi connectivity index (χ1) is 17.7. The number of benzene rings is 1. The molecule has 0 saturated carbocycles. The zero-order valence-electron chi connectivity index (χ0n) is 21.1. The molecule has 13 heteroatoms. The molecule has 204 valence electrons. The molecule has 0 spiro atoms. The average Bonchev–Trinajstić information content (AvgIpc) is 2.82. The van der Waals surface area contributed by atoms with Crippen LogP contribution in [-0.2, 0) is 17.1 Å². The summed E-state index contributed by atoms with van der Waals surface area (Å²) in [5, 5.41) is 3.26. The summed E-state index contributed by atoms with van der Waals surface area (Å²) in [6, 6.07) is 4.50. The van der Waals surface area contributed by atoms with Crippen LogP contribution in [0.15, 0.2) is 24.3 Å². The van der Waals surface area contributed by atoms with Gasteiger partial charge in [0.1, 0.15) is 11.6 Å². The number of amides is 1. The molecule has 2 aromatic heterocycles. The number of carbonyl (C=O) groups is 1. The monoisotopic (exact) mass is 540 g/mol. The number of carbonyl (C=O) groups excluding carboxylic acids is 1. The summed E-state index contributed by atoms with van der Waals surface area (Å²) >= 11 is 0. The predicted octanol–water partition coefficient (Wildman–Crippen LogP) is 5.52. The van der Waals surface area contributed by atoms with Gasteiger partial charge in [0.15, 0.2) is 11.3 Å². The third-order valence-corrected chi connectivity index (χ3v) is 6.61. The second-order valence-corrected chi connectivity index (χ2v) is 9.22. The molecule has 1 amide bonds. The Hall–Kier alpha value is -3.64. The summed E-state index contributed by atoms with van der Waals surface area (Å²) in [5.74, 6) is 0.143. The lowest BCUT2D eigenvalue weighted by Gasteiger charge is -2.36. The zero-order valence-corrected chi connectivity index (χ0v) is 21.1. The van der Waals surface area contributed by atoms with Crippen molar-refractivity contribution in [2.24, 2.45) is 0 Å². The molecule has 0 radical (unpaired) electrons. The molecule has 0 aliphatic carbocycles. The second-order valence-electron chi connectivity index (χ2n) is 9.22. The van der Waals surface area contributed by atoms with Crippen LogP contribution in [0, 0.1) is 13.8 Å². The van der Waals surface area contributed by atoms with Crippen LogP contribution in [0.2, 0.25) is 0 Å². The fraction of sp³-hybridized carbons (Fsp3) is 0.440. The highest BCUT2D eigenvalue weighted by atomic mass is 19.4. The Balaban J connectivity index is 1.78. The third kappa shape index (κ3) is 5.46. The van der Waals surface area contributed by atoms with E-state index >= 15 is 0 Å². The van der Waals surface area contributed by atoms with E-state index < -0.39 is 29.7 Å². The number of nitrogens with zero attached hydrogens (tertiary/aromatic N) is 5. The van der Waals surface area contributed by atoms with Crippen molar-refractivity contribution >= 4 is 28.4 Å². The number of nitrogens with one attached hydrogen (secondary N) is 1. The van der Waals surface area contributed by atoms with Crippen LogP contribution in [-0.4, -0.2) is 51.9 Å². The molecule has 38 heavy (non-hydrogen) atoms. The van der Waals surface area contributed by atoms with E-state index in [-0.39, 0.29) is 66.0 Å². The fourth-order valence-corrected chi connectivity index (χ4v) is 4.69. The molecular weight excluding hydrogens is 514 g/mol. The molecular formula is C25H26F6N6O. The number of anilines is 2. The fourth-order valence-electron chi connectivity index (χ4n) is 4.69. The van der Waals surface area contributed by atoms with E-state index in [1.807, 2.05) is 0 Å². The van der Waals surface area contributed by atoms with E-state index in [2.05, 4.69) is 20.3 Å². The van der Waals surface area contributed by atoms with Crippen molar-refractivity contribution in [1.82, 2.24) is 19.9 Å². The van der Waals surface area contributed by atoms with Crippen LogP contribution in [0.4, 0.5) is 37.8 Å². The molecule has 7 nitrogen and oxygen atoms in total. The molecule has 1 fully saturated rings. The van der Waals surface area contributed by atoms with Crippen molar-refractivity contribution in [1.29, 1.82) is 0 Å². The van der Waals surface area contributed by atoms with Gasteiger partial charge in [-0.3, -0.25) is 4.79 Å². The predicted molar refractivity (Wildman–Crippen MR) is 130 cm³/mol. The summed E-state index contributed by atoms with van der Waals surface area (Å²) in [6.07, 6.45) is -9.30. The number of piperazine rings is 1. The number of alkyl halides is 6. The number of fused-ring (bicyclic) bond motifs is 1. The number of rotatable bonds is 4. The van der Waals surface area contributed by atoms with Crippen molar-refractivity contribution < 1.29 is 31.1 Å². The average molecular weight is 541 g/mol. The van der Waals surface area contributed by atoms with Crippen LogP contribution in [0.1, 0.15) is 48.1 Å². The SMILES string of the molecule is CC(=O)N1CCN(c2cc3c(N[C@H](C)c4cccc(C(F)(F)F)c4C)nc(C)nc3nc2C(F)(F)F)CC1. The number of halogens is 6. The van der Waals surface area contributed by atoms with Crippen molar-refractivity contribution in [3.63, 3.8) is 0 Å². The van der Waals surface area contributed by atoms with Gasteiger partial charge in [-0.05, 0) is 44.0 Å². The Kier molecular flexibility index (Phi) is 7.15. The van der Waals surface area contributed by atoms with Crippen LogP contribution in [0.25, 0.3) is 11.0 Å². The summed E-state index contributed by atoms with van der Waals surface area (Å²) < 4.78 is 82.4. The molecule has 0 unspecified atom stereocenters. The minimum absolute atomic E-state index is 0.0385. The van der Waals surface area contributed by atoms with Gasteiger partial charge in [0.05, 0.1) is 22.7 Å². The molecule has 1 N–H and O–H groups in total. The lowest BCUT2D eigenvalue weighted by atomic mass is 9.97. The number of hydrogen-bond donors (Lipinski definition) is 1. The first kappa shape index (κ1) is 27.4. The van der Waals surface area contributed by atoms with Crippen molar-refractivity contribution in [3.8, 4) is 0 Å². The molecule has 1 saturated heterocycles. The van der Waals surface area contributed by atoms with Crippen LogP contribution in [0.5, 0.6) is 0 Å². The highest BCUT2D eigenvalue weighted by molar-refractivity contribution is 5.90. The third-order valence-electron chi connectivity index (χ3n) is 6.61. The standard InChI is InChI=1S/C25H26F6N6O/c1-13-17(6-5-7-19(13)24(26,27)28)14(2)32-22-18-12-20(37-10-8-36(9-11-37)16(4)38)21(25(29,30)31)35-23(18)34-15(3)33-22/h5-7,12,14H,8-11H2,1-4H3,(H,32,33,34,35)/t14-/m1/s1. The van der Waals surface area contributed by atoms with Gasteiger partial charge in [-0.25, -0.2) is 15.0 Å². The molecule has 1 aliphatic heterocycles. The maximum atomic E-state index is 14.0. The number of aryl methyl sites for hydroxylation is 1. The smallest absolute Gasteiger partial charge is 0.366 e. The molecule has 1 atom stereocenters. The largest absolute Gasteiger partial charge is 0.435 e. The summed E-state index contributed by atoms with van der Waals surface area (Å²) in [7, 11) is 0. The van der Waals surface area contributed by atoms with Crippen molar-refractivity contribution in [2.45, 2.75) is 46.1 Å². The van der Waals surface area contributed by atoms with Crippen molar-refractivity contribution in [3.05, 3.63) is 52.5 Å². The van der Waals surface area contributed by atoms with E-state index in [1.54, 1.807) is 17.9 Å². The summed E-state index contributed by atoms with van der Waals surface area (Å²) in [6.45, 7) is 6.77. The van der Waals surface area contributed by atoms with E-state index in [0.29, 0.717) is 5.56 Å². The van der Waals surface area contributed by atoms with Gasteiger partial charge >= 0.3 is 12.4 Å². The van der Waals surface area contributed by atoms with Gasteiger partial charge in [0.2, 0.25) is 5.91 Å². The van der Waals surface area contributed by atoms with E-state index in [1.165, 1.54) is 37.8 Å². The summed E-state index contributed by atoms with van der Waals surface area (Å²) in [5.41, 5.74) is -1.83. The first-order valence-corrected chi connectivity index (χ1v) is 11.9. The van der Waals surface area contributed by atoms with Gasteiger partial charge in [0, 0.05) is 33.1 Å². The van der Waals surface area contributed by atoms with E-state index in [4.69, 9.17) is 0 Å². The van der Waals surface area contributed by atoms with E-state index in [0.717, 1.165) is 6.07 Å². The normalized spacial score (nSPS) is 15.6. The summed E-state index contributed by atoms with van der Waals surface area (Å²) in [4.78, 5) is 27.0. The Morgan fingerprint density at radius 3 is 2.21 bits per heavy atom. The van der Waals surface area contributed by atoms with Gasteiger partial charge < -0.3 is 15.1 Å². The highest BCUT2D eigenvalue weighted by Gasteiger charge is 2.39. The Morgan fingerprint density at radius 1 is 0.974 bits per heavy atom. The second kappa shape index (κ2) is 9.91. The Morgan fingerprint density at radius 2 is 1.63 bits per heavy atom. The lowest BCUT2D eigenvalue weighted by Crippen LogP contribution is -2.48. The van der Waals surface area contributed by atoms with Crippen LogP contribution >= 0.6 is 0 Å². The number of aromatic nitrogens is 3. The number of hydrogen-bond acceptors (Lipinski definition) is 6. The quantitative estimate of drug-likeness (QED) is 0.440. The van der Waals surface area contributed by atoms with E-state index in [9.17, 15) is 31.1 Å². The number of pyridine rings is 1. The molecule has 4 rings (SSSR count). The Labute approximate surface area is 214 Å². The minimum atomic E-state index is -4.77. The minimum Gasteiger partial charge on any atom is -0.366 e. The van der Waals surface area contributed by atoms with Gasteiger partial charge in [-0.15, -0.1) is 0 Å². The highest BCUT2D eigenvalue weighted by Crippen LogP contribution is 2.39. The van der Waals surface area contributed by atoms with Gasteiger partial charge in [0.25, 0.3) is 0 Å². The van der Waals surface area contributed by atoms with Crippen LogP contribution in [0.3, 0.4) is 0 Å². The van der Waals surface area contributed by atoms with Crippen LogP contribution < -0.4 is 10.2 Å². The first-order valence-electron chi connectivity index (χ1n) is 11.9.